The zero-order valence-electron chi connectivity index (χ0n) is 10.5. The molecule has 0 aliphatic heterocycles. The van der Waals surface area contributed by atoms with Gasteiger partial charge in [-0.15, -0.1) is 6.58 Å². The van der Waals surface area contributed by atoms with Gasteiger partial charge in [0.25, 0.3) is 5.91 Å². The number of rotatable bonds is 6. The predicted octanol–water partition coefficient (Wildman–Crippen LogP) is 2.79. The number of carbonyl (C=O) groups excluding carboxylic acids is 1. The average molecular weight is 328 g/mol. The first-order valence-electron chi connectivity index (χ1n) is 5.63. The summed E-state index contributed by atoms with van der Waals surface area (Å²) in [5, 5.41) is 10.7. The van der Waals surface area contributed by atoms with Crippen LogP contribution in [0.1, 0.15) is 23.2 Å². The maximum atomic E-state index is 12.2. The highest BCUT2D eigenvalue weighted by molar-refractivity contribution is 9.10. The normalized spacial score (nSPS) is 10.0. The summed E-state index contributed by atoms with van der Waals surface area (Å²) >= 11 is 3.18. The van der Waals surface area contributed by atoms with Gasteiger partial charge < -0.3 is 15.0 Å². The Kier molecular flexibility index (Phi) is 5.62. The van der Waals surface area contributed by atoms with E-state index in [1.54, 1.807) is 13.1 Å². The fourth-order valence-electron chi connectivity index (χ4n) is 1.47. The first kappa shape index (κ1) is 15.3. The quantitative estimate of drug-likeness (QED) is 0.348. The fraction of sp³-hybridized carbons (Fsp3) is 0.333. The zero-order valence-corrected chi connectivity index (χ0v) is 12.1. The van der Waals surface area contributed by atoms with Crippen LogP contribution in [-0.2, 0) is 0 Å². The Morgan fingerprint density at radius 1 is 1.68 bits per heavy atom. The minimum atomic E-state index is -0.624. The Balaban J connectivity index is 2.88. The molecule has 0 saturated heterocycles. The van der Waals surface area contributed by atoms with Crippen LogP contribution in [0.25, 0.3) is 0 Å². The molecule has 0 fully saturated rings. The Morgan fingerprint density at radius 3 is 2.95 bits per heavy atom. The van der Waals surface area contributed by atoms with E-state index in [0.29, 0.717) is 11.0 Å². The number of pyridine rings is 1. The van der Waals surface area contributed by atoms with Crippen molar-refractivity contribution >= 4 is 27.7 Å². The molecule has 0 aromatic carbocycles. The van der Waals surface area contributed by atoms with E-state index in [4.69, 9.17) is 0 Å². The van der Waals surface area contributed by atoms with E-state index in [2.05, 4.69) is 27.5 Å². The summed E-state index contributed by atoms with van der Waals surface area (Å²) in [5.74, 6) is -0.618. The number of allylic oxidation sites excluding steroid dienone is 1. The van der Waals surface area contributed by atoms with Crippen LogP contribution in [0.3, 0.4) is 0 Å². The molecule has 1 heterocycles. The van der Waals surface area contributed by atoms with Crippen molar-refractivity contribution in [2.45, 2.75) is 12.8 Å². The summed E-state index contributed by atoms with van der Waals surface area (Å²) in [6, 6.07) is 1.18. The van der Waals surface area contributed by atoms with Gasteiger partial charge in [-0.3, -0.25) is 4.79 Å². The lowest BCUT2D eigenvalue weighted by Crippen LogP contribution is -2.28. The van der Waals surface area contributed by atoms with Gasteiger partial charge in [-0.1, -0.05) is 6.08 Å². The van der Waals surface area contributed by atoms with Crippen molar-refractivity contribution in [2.75, 3.05) is 13.6 Å². The standard InChI is InChI=1S/C12H14BrN3O3/c1-3-4-5-6-15(2)12(17)9-7-11(16(18)19)14-8-10(9)13/h3,7-8H,1,4-6H2,2H3. The third-order valence-electron chi connectivity index (χ3n) is 2.51. The van der Waals surface area contributed by atoms with Crippen LogP contribution in [0.5, 0.6) is 0 Å². The molecule has 0 radical (unpaired) electrons. The fourth-order valence-corrected chi connectivity index (χ4v) is 1.86. The molecule has 6 nitrogen and oxygen atoms in total. The van der Waals surface area contributed by atoms with Crippen molar-refractivity contribution in [1.82, 2.24) is 9.88 Å². The van der Waals surface area contributed by atoms with Crippen molar-refractivity contribution in [3.05, 3.63) is 45.1 Å². The smallest absolute Gasteiger partial charge is 0.358 e. The highest BCUT2D eigenvalue weighted by Crippen LogP contribution is 2.21. The zero-order chi connectivity index (χ0) is 14.4. The third-order valence-corrected chi connectivity index (χ3v) is 3.14. The van der Waals surface area contributed by atoms with E-state index >= 15 is 0 Å². The van der Waals surface area contributed by atoms with Gasteiger partial charge in [0, 0.05) is 19.7 Å². The molecule has 0 aliphatic rings. The summed E-state index contributed by atoms with van der Waals surface area (Å²) in [6.45, 7) is 4.17. The lowest BCUT2D eigenvalue weighted by atomic mass is 10.2. The summed E-state index contributed by atoms with van der Waals surface area (Å²) in [7, 11) is 1.66. The van der Waals surface area contributed by atoms with E-state index < -0.39 is 4.92 Å². The molecular formula is C12H14BrN3O3. The number of hydrogen-bond acceptors (Lipinski definition) is 4. The molecule has 1 aromatic heterocycles. The monoisotopic (exact) mass is 327 g/mol. The number of nitrogens with zero attached hydrogens (tertiary/aromatic N) is 3. The lowest BCUT2D eigenvalue weighted by molar-refractivity contribution is -0.389. The van der Waals surface area contributed by atoms with Crippen LogP contribution in [0.2, 0.25) is 0 Å². The van der Waals surface area contributed by atoms with Gasteiger partial charge in [0.2, 0.25) is 0 Å². The number of unbranched alkanes of at least 4 members (excludes halogenated alkanes) is 1. The molecule has 0 aliphatic carbocycles. The van der Waals surface area contributed by atoms with E-state index in [9.17, 15) is 14.9 Å². The van der Waals surface area contributed by atoms with E-state index in [1.807, 2.05) is 0 Å². The van der Waals surface area contributed by atoms with Gasteiger partial charge in [-0.2, -0.15) is 0 Å². The van der Waals surface area contributed by atoms with Gasteiger partial charge >= 0.3 is 5.82 Å². The van der Waals surface area contributed by atoms with Gasteiger partial charge in [-0.05, 0) is 38.7 Å². The van der Waals surface area contributed by atoms with Crippen molar-refractivity contribution in [3.8, 4) is 0 Å². The Hall–Kier alpha value is -1.76. The summed E-state index contributed by atoms with van der Waals surface area (Å²) in [5.41, 5.74) is 0.239. The van der Waals surface area contributed by atoms with Crippen molar-refractivity contribution in [2.24, 2.45) is 0 Å². The highest BCUT2D eigenvalue weighted by atomic mass is 79.9. The second-order valence-electron chi connectivity index (χ2n) is 3.94. The number of nitro groups is 1. The maximum absolute atomic E-state index is 12.2. The molecule has 102 valence electrons. The largest absolute Gasteiger partial charge is 0.364 e. The van der Waals surface area contributed by atoms with E-state index in [0.717, 1.165) is 12.8 Å². The van der Waals surface area contributed by atoms with Crippen LogP contribution in [0.15, 0.2) is 29.4 Å². The summed E-state index contributed by atoms with van der Waals surface area (Å²) in [6.07, 6.45) is 4.67. The SMILES string of the molecule is C=CCCCN(C)C(=O)c1cc([N+](=O)[O-])ncc1Br. The lowest BCUT2D eigenvalue weighted by Gasteiger charge is -2.17. The third kappa shape index (κ3) is 4.13. The molecule has 0 N–H and O–H groups in total. The minimum Gasteiger partial charge on any atom is -0.358 e. The first-order chi connectivity index (χ1) is 8.97. The second-order valence-corrected chi connectivity index (χ2v) is 4.79. The van der Waals surface area contributed by atoms with Crippen LogP contribution in [-0.4, -0.2) is 34.3 Å². The van der Waals surface area contributed by atoms with Crippen LogP contribution < -0.4 is 0 Å². The average Bonchev–Trinajstić information content (AvgIpc) is 2.38. The topological polar surface area (TPSA) is 76.3 Å². The number of amides is 1. The van der Waals surface area contributed by atoms with Gasteiger partial charge in [-0.25, -0.2) is 0 Å². The van der Waals surface area contributed by atoms with E-state index in [-0.39, 0.29) is 17.3 Å². The Labute approximate surface area is 119 Å². The van der Waals surface area contributed by atoms with Crippen LogP contribution >= 0.6 is 15.9 Å². The van der Waals surface area contributed by atoms with Gasteiger partial charge in [0.1, 0.15) is 0 Å². The molecule has 1 rings (SSSR count). The number of carbonyl (C=O) groups is 1. The number of halogens is 1. The van der Waals surface area contributed by atoms with Crippen molar-refractivity contribution in [3.63, 3.8) is 0 Å². The first-order valence-corrected chi connectivity index (χ1v) is 6.43. The van der Waals surface area contributed by atoms with Gasteiger partial charge in [0.15, 0.2) is 6.20 Å². The van der Waals surface area contributed by atoms with Crippen molar-refractivity contribution < 1.29 is 9.72 Å². The number of aromatic nitrogens is 1. The molecular weight excluding hydrogens is 314 g/mol. The highest BCUT2D eigenvalue weighted by Gasteiger charge is 2.20. The molecule has 7 heteroatoms. The Morgan fingerprint density at radius 2 is 2.37 bits per heavy atom. The molecule has 0 atom stereocenters. The molecule has 0 unspecified atom stereocenters. The Bertz CT molecular complexity index is 505. The van der Waals surface area contributed by atoms with E-state index in [1.165, 1.54) is 17.2 Å². The molecule has 19 heavy (non-hydrogen) atoms. The van der Waals surface area contributed by atoms with Crippen molar-refractivity contribution in [1.29, 1.82) is 0 Å². The minimum absolute atomic E-state index is 0.239. The molecule has 1 amide bonds. The molecule has 0 bridgehead atoms. The van der Waals surface area contributed by atoms with Crippen LogP contribution in [0, 0.1) is 10.1 Å². The van der Waals surface area contributed by atoms with Crippen LogP contribution in [0.4, 0.5) is 5.82 Å². The maximum Gasteiger partial charge on any atom is 0.364 e. The second kappa shape index (κ2) is 6.98. The molecule has 0 spiro atoms. The van der Waals surface area contributed by atoms with Gasteiger partial charge in [0.05, 0.1) is 10.0 Å². The number of hydrogen-bond donors (Lipinski definition) is 0. The summed E-state index contributed by atoms with van der Waals surface area (Å²) < 4.78 is 0.443. The molecule has 0 saturated carbocycles. The predicted molar refractivity (Wildman–Crippen MR) is 75.0 cm³/mol. The summed E-state index contributed by atoms with van der Waals surface area (Å²) in [4.78, 5) is 27.3. The molecule has 1 aromatic rings.